The van der Waals surface area contributed by atoms with Crippen LogP contribution in [0.3, 0.4) is 0 Å². The van der Waals surface area contributed by atoms with E-state index in [0.29, 0.717) is 30.1 Å². The van der Waals surface area contributed by atoms with Crippen molar-refractivity contribution in [3.05, 3.63) is 40.9 Å². The molecule has 1 fully saturated rings. The quantitative estimate of drug-likeness (QED) is 0.649. The van der Waals surface area contributed by atoms with Crippen molar-refractivity contribution in [3.8, 4) is 0 Å². The summed E-state index contributed by atoms with van der Waals surface area (Å²) >= 11 is 6.18. The van der Waals surface area contributed by atoms with Crippen molar-refractivity contribution in [2.24, 2.45) is 5.41 Å². The van der Waals surface area contributed by atoms with Gasteiger partial charge in [-0.05, 0) is 43.9 Å². The second-order valence-electron chi connectivity index (χ2n) is 5.47. The predicted molar refractivity (Wildman–Crippen MR) is 84.4 cm³/mol. The van der Waals surface area contributed by atoms with Crippen LogP contribution in [0.5, 0.6) is 0 Å². The number of halogens is 1. The minimum absolute atomic E-state index is 0.249. The normalized spacial score (nSPS) is 15.2. The number of benzene rings is 1. The van der Waals surface area contributed by atoms with Crippen LogP contribution in [-0.2, 0) is 9.59 Å². The van der Waals surface area contributed by atoms with Gasteiger partial charge in [0.25, 0.3) is 0 Å². The van der Waals surface area contributed by atoms with E-state index in [1.807, 2.05) is 19.9 Å². The van der Waals surface area contributed by atoms with Crippen molar-refractivity contribution < 1.29 is 9.59 Å². The number of carbonyl (C=O) groups is 2. The first-order valence-corrected chi connectivity index (χ1v) is 7.26. The van der Waals surface area contributed by atoms with E-state index in [1.165, 1.54) is 0 Å². The summed E-state index contributed by atoms with van der Waals surface area (Å²) < 4.78 is 0. The molecule has 0 spiro atoms. The first-order chi connectivity index (χ1) is 9.90. The van der Waals surface area contributed by atoms with Crippen LogP contribution in [0.1, 0.15) is 24.0 Å². The van der Waals surface area contributed by atoms with Gasteiger partial charge < -0.3 is 10.6 Å². The lowest BCUT2D eigenvalue weighted by molar-refractivity contribution is -0.134. The molecule has 0 heterocycles. The molecular formula is C16H19ClN2O2. The molecule has 1 aliphatic rings. The van der Waals surface area contributed by atoms with E-state index in [-0.39, 0.29) is 11.8 Å². The molecule has 1 saturated carbocycles. The zero-order valence-electron chi connectivity index (χ0n) is 12.3. The van der Waals surface area contributed by atoms with Gasteiger partial charge in [-0.25, -0.2) is 0 Å². The Morgan fingerprint density at radius 2 is 2.00 bits per heavy atom. The number of amides is 2. The second-order valence-corrected chi connectivity index (χ2v) is 5.88. The standard InChI is InChI=1S/C16H19ClN2O2/c1-4-7-18-14(20)16(5-6-16)15(21)19-13-11(3)8-10(2)9-12(13)17/h4,8-9H,1,5-7H2,2-3H3,(H,18,20)(H,19,21). The number of hydrogen-bond acceptors (Lipinski definition) is 2. The van der Waals surface area contributed by atoms with Gasteiger partial charge in [-0.1, -0.05) is 23.7 Å². The molecule has 0 atom stereocenters. The summed E-state index contributed by atoms with van der Waals surface area (Å²) in [4.78, 5) is 24.5. The molecule has 0 unspecified atom stereocenters. The number of nitrogens with one attached hydrogen (secondary N) is 2. The highest BCUT2D eigenvalue weighted by Gasteiger charge is 2.56. The van der Waals surface area contributed by atoms with Crippen LogP contribution in [0, 0.1) is 19.3 Å². The maximum atomic E-state index is 12.4. The first-order valence-electron chi connectivity index (χ1n) is 6.88. The molecule has 0 aliphatic heterocycles. The second kappa shape index (κ2) is 5.90. The van der Waals surface area contributed by atoms with Crippen molar-refractivity contribution in [1.82, 2.24) is 5.32 Å². The molecule has 4 nitrogen and oxygen atoms in total. The van der Waals surface area contributed by atoms with Gasteiger partial charge >= 0.3 is 0 Å². The highest BCUT2D eigenvalue weighted by molar-refractivity contribution is 6.34. The molecule has 0 saturated heterocycles. The Morgan fingerprint density at radius 1 is 1.33 bits per heavy atom. The average Bonchev–Trinajstić information content (AvgIpc) is 3.21. The molecule has 1 aliphatic carbocycles. The molecule has 0 radical (unpaired) electrons. The van der Waals surface area contributed by atoms with Gasteiger partial charge in [0.1, 0.15) is 5.41 Å². The van der Waals surface area contributed by atoms with E-state index in [0.717, 1.165) is 11.1 Å². The molecule has 112 valence electrons. The summed E-state index contributed by atoms with van der Waals surface area (Å²) in [5, 5.41) is 5.99. The molecule has 21 heavy (non-hydrogen) atoms. The number of aryl methyl sites for hydroxylation is 2. The smallest absolute Gasteiger partial charge is 0.240 e. The van der Waals surface area contributed by atoms with Crippen LogP contribution in [0.15, 0.2) is 24.8 Å². The van der Waals surface area contributed by atoms with Crippen LogP contribution in [0.2, 0.25) is 5.02 Å². The Bertz CT molecular complexity index is 583. The summed E-state index contributed by atoms with van der Waals surface area (Å²) in [6.45, 7) is 7.73. The molecule has 1 aromatic carbocycles. The third-order valence-corrected chi connectivity index (χ3v) is 3.99. The van der Waals surface area contributed by atoms with Gasteiger partial charge in [-0.15, -0.1) is 6.58 Å². The zero-order chi connectivity index (χ0) is 15.6. The van der Waals surface area contributed by atoms with Crippen LogP contribution in [0.25, 0.3) is 0 Å². The highest BCUT2D eigenvalue weighted by atomic mass is 35.5. The third kappa shape index (κ3) is 3.10. The summed E-state index contributed by atoms with van der Waals surface area (Å²) in [6.07, 6.45) is 2.71. The highest BCUT2D eigenvalue weighted by Crippen LogP contribution is 2.47. The molecule has 0 bridgehead atoms. The van der Waals surface area contributed by atoms with E-state index in [4.69, 9.17) is 11.6 Å². The van der Waals surface area contributed by atoms with Gasteiger partial charge in [-0.3, -0.25) is 9.59 Å². The van der Waals surface area contributed by atoms with Crippen molar-refractivity contribution in [1.29, 1.82) is 0 Å². The lowest BCUT2D eigenvalue weighted by Gasteiger charge is -2.17. The Morgan fingerprint density at radius 3 is 2.52 bits per heavy atom. The van der Waals surface area contributed by atoms with Crippen molar-refractivity contribution in [2.75, 3.05) is 11.9 Å². The minimum atomic E-state index is -0.955. The topological polar surface area (TPSA) is 58.2 Å². The van der Waals surface area contributed by atoms with E-state index < -0.39 is 5.41 Å². The Kier molecular flexibility index (Phi) is 4.37. The largest absolute Gasteiger partial charge is 0.352 e. The van der Waals surface area contributed by atoms with E-state index in [9.17, 15) is 9.59 Å². The fraction of sp³-hybridized carbons (Fsp3) is 0.375. The van der Waals surface area contributed by atoms with E-state index in [1.54, 1.807) is 12.1 Å². The first kappa shape index (κ1) is 15.6. The third-order valence-electron chi connectivity index (χ3n) is 3.70. The van der Waals surface area contributed by atoms with E-state index in [2.05, 4.69) is 17.2 Å². The summed E-state index contributed by atoms with van der Waals surface area (Å²) in [7, 11) is 0. The lowest BCUT2D eigenvalue weighted by atomic mass is 10.0. The van der Waals surface area contributed by atoms with Crippen LogP contribution < -0.4 is 10.6 Å². The molecule has 2 N–H and O–H groups in total. The van der Waals surface area contributed by atoms with Crippen LogP contribution in [0.4, 0.5) is 5.69 Å². The van der Waals surface area contributed by atoms with Crippen molar-refractivity contribution in [2.45, 2.75) is 26.7 Å². The molecular weight excluding hydrogens is 288 g/mol. The summed E-state index contributed by atoms with van der Waals surface area (Å²) in [6, 6.07) is 3.74. The van der Waals surface area contributed by atoms with E-state index >= 15 is 0 Å². The number of rotatable bonds is 5. The SMILES string of the molecule is C=CCNC(=O)C1(C(=O)Nc2c(C)cc(C)cc2Cl)CC1. The molecule has 2 amide bonds. The maximum absolute atomic E-state index is 12.4. The van der Waals surface area contributed by atoms with Gasteiger partial charge in [0.05, 0.1) is 10.7 Å². The Balaban J connectivity index is 2.15. The molecule has 1 aromatic rings. The number of anilines is 1. The minimum Gasteiger partial charge on any atom is -0.352 e. The van der Waals surface area contributed by atoms with Gasteiger partial charge in [0, 0.05) is 6.54 Å². The lowest BCUT2D eigenvalue weighted by Crippen LogP contribution is -2.40. The van der Waals surface area contributed by atoms with Crippen molar-refractivity contribution >= 4 is 29.1 Å². The van der Waals surface area contributed by atoms with Crippen LogP contribution >= 0.6 is 11.6 Å². The number of hydrogen-bond donors (Lipinski definition) is 2. The Labute approximate surface area is 129 Å². The fourth-order valence-corrected chi connectivity index (χ4v) is 2.69. The maximum Gasteiger partial charge on any atom is 0.240 e. The number of carbonyl (C=O) groups excluding carboxylic acids is 2. The van der Waals surface area contributed by atoms with Crippen LogP contribution in [-0.4, -0.2) is 18.4 Å². The summed E-state index contributed by atoms with van der Waals surface area (Å²) in [5.74, 6) is -0.543. The van der Waals surface area contributed by atoms with Gasteiger partial charge in [0.15, 0.2) is 0 Å². The van der Waals surface area contributed by atoms with Gasteiger partial charge in [0.2, 0.25) is 11.8 Å². The Hall–Kier alpha value is -1.81. The predicted octanol–water partition coefficient (Wildman–Crippen LogP) is 2.98. The fourth-order valence-electron chi connectivity index (χ4n) is 2.32. The summed E-state index contributed by atoms with van der Waals surface area (Å²) in [5.41, 5.74) is 1.54. The zero-order valence-corrected chi connectivity index (χ0v) is 13.0. The molecule has 2 rings (SSSR count). The molecule has 5 heteroatoms. The molecule has 0 aromatic heterocycles. The van der Waals surface area contributed by atoms with Crippen molar-refractivity contribution in [3.63, 3.8) is 0 Å². The van der Waals surface area contributed by atoms with Gasteiger partial charge in [-0.2, -0.15) is 0 Å². The monoisotopic (exact) mass is 306 g/mol. The average molecular weight is 307 g/mol.